The van der Waals surface area contributed by atoms with E-state index >= 15 is 0 Å². The lowest BCUT2D eigenvalue weighted by molar-refractivity contribution is -0.149. The smallest absolute Gasteiger partial charge is 0.323 e. The van der Waals surface area contributed by atoms with Crippen LogP contribution in [0.5, 0.6) is 5.75 Å². The highest BCUT2D eigenvalue weighted by Gasteiger charge is 2.42. The molecule has 0 spiro atoms. The predicted octanol–water partition coefficient (Wildman–Crippen LogP) is 5.03. The van der Waals surface area contributed by atoms with Gasteiger partial charge in [0, 0.05) is 23.2 Å². The molecular formula is C29H42N2O7S. The zero-order chi connectivity index (χ0) is 28.6. The third-order valence-electron chi connectivity index (χ3n) is 7.45. The van der Waals surface area contributed by atoms with Crippen LogP contribution in [0.2, 0.25) is 0 Å². The Labute approximate surface area is 233 Å². The first-order chi connectivity index (χ1) is 18.6. The number of ether oxygens (including phenoxy) is 3. The van der Waals surface area contributed by atoms with E-state index in [1.54, 1.807) is 13.2 Å². The van der Waals surface area contributed by atoms with Gasteiger partial charge in [-0.25, -0.2) is 0 Å². The second kappa shape index (κ2) is 13.6. The summed E-state index contributed by atoms with van der Waals surface area (Å²) >= 11 is 0. The molecule has 2 aromatic rings. The van der Waals surface area contributed by atoms with Crippen molar-refractivity contribution >= 4 is 22.5 Å². The van der Waals surface area contributed by atoms with E-state index in [1.807, 2.05) is 36.4 Å². The van der Waals surface area contributed by atoms with Crippen LogP contribution in [0.25, 0.3) is 0 Å². The quantitative estimate of drug-likeness (QED) is 0.264. The second-order valence-corrected chi connectivity index (χ2v) is 12.0. The molecule has 0 saturated carbocycles. The van der Waals surface area contributed by atoms with Crippen LogP contribution in [0.1, 0.15) is 68.7 Å². The Hall–Kier alpha value is -2.63. The lowest BCUT2D eigenvalue weighted by atomic mass is 9.88. The Morgan fingerprint density at radius 3 is 2.44 bits per heavy atom. The number of nitrogens with one attached hydrogen (secondary N) is 2. The van der Waals surface area contributed by atoms with Crippen LogP contribution in [0, 0.1) is 0 Å². The molecule has 0 radical (unpaired) electrons. The summed E-state index contributed by atoms with van der Waals surface area (Å²) < 4.78 is 38.7. The van der Waals surface area contributed by atoms with Gasteiger partial charge in [0.2, 0.25) is 0 Å². The molecule has 0 unspecified atom stereocenters. The van der Waals surface area contributed by atoms with Crippen molar-refractivity contribution in [3.8, 4) is 5.75 Å². The summed E-state index contributed by atoms with van der Waals surface area (Å²) in [5, 5.41) is 6.88. The second-order valence-electron chi connectivity index (χ2n) is 9.98. The molecule has 2 aromatic carbocycles. The maximum absolute atomic E-state index is 12.3. The van der Waals surface area contributed by atoms with Crippen molar-refractivity contribution in [1.29, 1.82) is 0 Å². The summed E-state index contributed by atoms with van der Waals surface area (Å²) in [4.78, 5) is 24.6. The van der Waals surface area contributed by atoms with Gasteiger partial charge in [-0.1, -0.05) is 57.0 Å². The van der Waals surface area contributed by atoms with E-state index in [9.17, 15) is 18.7 Å². The van der Waals surface area contributed by atoms with E-state index in [4.69, 9.17) is 14.2 Å². The summed E-state index contributed by atoms with van der Waals surface area (Å²) in [5.74, 6) is -0.436. The zero-order valence-electron chi connectivity index (χ0n) is 23.5. The minimum absolute atomic E-state index is 0.126. The third-order valence-corrected chi connectivity index (χ3v) is 9.46. The Morgan fingerprint density at radius 1 is 1.13 bits per heavy atom. The minimum Gasteiger partial charge on any atom is -0.496 e. The lowest BCUT2D eigenvalue weighted by Gasteiger charge is -2.42. The molecule has 0 aliphatic carbocycles. The van der Waals surface area contributed by atoms with Crippen molar-refractivity contribution in [2.24, 2.45) is 0 Å². The fourth-order valence-electron chi connectivity index (χ4n) is 5.16. The summed E-state index contributed by atoms with van der Waals surface area (Å²) in [7, 11) is 0.846. The minimum atomic E-state index is -3.21. The third kappa shape index (κ3) is 7.32. The average Bonchev–Trinajstić information content (AvgIpc) is 3.05. The van der Waals surface area contributed by atoms with Crippen LogP contribution >= 0.6 is 10.6 Å². The van der Waals surface area contributed by atoms with Crippen LogP contribution < -0.4 is 15.4 Å². The molecule has 1 heterocycles. The van der Waals surface area contributed by atoms with E-state index in [0.717, 1.165) is 36.8 Å². The maximum atomic E-state index is 12.3. The summed E-state index contributed by atoms with van der Waals surface area (Å²) in [5.41, 5.74) is 1.91. The number of fused-ring (bicyclic) bond motifs is 1. The Balaban J connectivity index is 2.10. The largest absolute Gasteiger partial charge is 0.496 e. The fourth-order valence-corrected chi connectivity index (χ4v) is 7.40. The van der Waals surface area contributed by atoms with E-state index in [0.29, 0.717) is 16.2 Å². The molecule has 4 N–H and O–H groups in total. The van der Waals surface area contributed by atoms with E-state index < -0.39 is 34.1 Å². The van der Waals surface area contributed by atoms with Gasteiger partial charge in [0.15, 0.2) is 0 Å². The van der Waals surface area contributed by atoms with Crippen LogP contribution in [-0.2, 0) is 25.6 Å². The van der Waals surface area contributed by atoms with Crippen LogP contribution in [0.3, 0.4) is 0 Å². The predicted molar refractivity (Wildman–Crippen MR) is 152 cm³/mol. The molecule has 216 valence electrons. The number of rotatable bonds is 12. The van der Waals surface area contributed by atoms with E-state index in [2.05, 4.69) is 24.5 Å². The number of carbonyl (C=O) groups is 2. The van der Waals surface area contributed by atoms with Crippen molar-refractivity contribution < 1.29 is 32.9 Å². The first-order valence-electron chi connectivity index (χ1n) is 13.3. The molecule has 3 rings (SSSR count). The van der Waals surface area contributed by atoms with Gasteiger partial charge in [-0.15, -0.1) is 0 Å². The summed E-state index contributed by atoms with van der Waals surface area (Å²) in [6.45, 7) is 4.34. The SMILES string of the molecule is CCCC[C@]1(CC)CS(O)(O)c2cc(CN[C@@H](CC(=O)OC)C(=O)OC)c(OC)cc2[C@@H](c2ccccc2)N1. The number of unbranched alkanes of at least 4 members (excludes halogenated alkanes) is 1. The highest BCUT2D eigenvalue weighted by molar-refractivity contribution is 8.24. The van der Waals surface area contributed by atoms with Gasteiger partial charge in [0.1, 0.15) is 11.8 Å². The summed E-state index contributed by atoms with van der Waals surface area (Å²) in [6.07, 6.45) is 3.30. The number of benzene rings is 2. The van der Waals surface area contributed by atoms with Crippen molar-refractivity contribution in [2.75, 3.05) is 27.1 Å². The van der Waals surface area contributed by atoms with Gasteiger partial charge < -0.3 is 14.2 Å². The molecule has 9 nitrogen and oxygen atoms in total. The molecule has 39 heavy (non-hydrogen) atoms. The standard InChI is InChI=1S/C29H42N2O7S/c1-6-8-14-29(7-2)19-39(34,35)25-15-21(18-30-23(28(33)38-5)17-26(32)37-4)24(36-3)16-22(25)27(31-29)20-12-10-9-11-13-20/h9-13,15-16,23,27,30-31,34-35H,6-8,14,17-19H2,1-5H3/t23-,27+,29+/m0/s1. The van der Waals surface area contributed by atoms with Crippen molar-refractivity contribution in [3.05, 3.63) is 59.2 Å². The number of hydrogen-bond donors (Lipinski definition) is 4. The molecular weight excluding hydrogens is 520 g/mol. The normalized spacial score (nSPS) is 21.7. The molecule has 0 saturated heterocycles. The van der Waals surface area contributed by atoms with Crippen molar-refractivity contribution in [2.45, 2.75) is 75.0 Å². The molecule has 0 aromatic heterocycles. The van der Waals surface area contributed by atoms with Crippen LogP contribution in [0.15, 0.2) is 47.4 Å². The van der Waals surface area contributed by atoms with Crippen molar-refractivity contribution in [3.63, 3.8) is 0 Å². The van der Waals surface area contributed by atoms with Gasteiger partial charge in [0.05, 0.1) is 44.4 Å². The fraction of sp³-hybridized carbons (Fsp3) is 0.517. The zero-order valence-corrected chi connectivity index (χ0v) is 24.3. The Kier molecular flexibility index (Phi) is 10.8. The lowest BCUT2D eigenvalue weighted by Crippen LogP contribution is -2.49. The first kappa shape index (κ1) is 30.9. The van der Waals surface area contributed by atoms with Gasteiger partial charge in [-0.05, 0) is 30.5 Å². The molecule has 1 aliphatic rings. The number of methoxy groups -OCH3 is 3. The van der Waals surface area contributed by atoms with E-state index in [1.165, 1.54) is 14.2 Å². The molecule has 0 fully saturated rings. The maximum Gasteiger partial charge on any atom is 0.323 e. The molecule has 1 aliphatic heterocycles. The van der Waals surface area contributed by atoms with Crippen LogP contribution in [-0.4, -0.2) is 59.7 Å². The number of carbonyl (C=O) groups excluding carboxylic acids is 2. The topological polar surface area (TPSA) is 126 Å². The Bertz CT molecular complexity index is 1130. The van der Waals surface area contributed by atoms with E-state index in [-0.39, 0.29) is 24.8 Å². The highest BCUT2D eigenvalue weighted by atomic mass is 32.3. The number of hydrogen-bond acceptors (Lipinski definition) is 9. The average molecular weight is 563 g/mol. The molecule has 3 atom stereocenters. The monoisotopic (exact) mass is 562 g/mol. The number of esters is 2. The highest BCUT2D eigenvalue weighted by Crippen LogP contribution is 2.58. The molecule has 0 bridgehead atoms. The Morgan fingerprint density at radius 2 is 1.85 bits per heavy atom. The van der Waals surface area contributed by atoms with Gasteiger partial charge in [0.25, 0.3) is 0 Å². The summed E-state index contributed by atoms with van der Waals surface area (Å²) in [6, 6.07) is 12.4. The molecule has 0 amide bonds. The first-order valence-corrected chi connectivity index (χ1v) is 15.0. The van der Waals surface area contributed by atoms with Gasteiger partial charge in [-0.2, -0.15) is 10.6 Å². The van der Waals surface area contributed by atoms with Gasteiger partial charge >= 0.3 is 11.9 Å². The van der Waals surface area contributed by atoms with Gasteiger partial charge in [-0.3, -0.25) is 29.3 Å². The van der Waals surface area contributed by atoms with Crippen molar-refractivity contribution in [1.82, 2.24) is 10.6 Å². The molecule has 10 heteroatoms. The van der Waals surface area contributed by atoms with Crippen LogP contribution in [0.4, 0.5) is 0 Å².